The fourth-order valence-electron chi connectivity index (χ4n) is 2.80. The second kappa shape index (κ2) is 7.99. The predicted octanol–water partition coefficient (Wildman–Crippen LogP) is 4.70. The molecule has 0 radical (unpaired) electrons. The van der Waals surface area contributed by atoms with Crippen LogP contribution in [0.15, 0.2) is 36.4 Å². The molecule has 0 amide bonds. The molecule has 1 heterocycles. The van der Waals surface area contributed by atoms with Gasteiger partial charge in [-0.15, -0.1) is 12.4 Å². The molecular formula is C17H23ClN4. The van der Waals surface area contributed by atoms with Crippen LogP contribution in [0, 0.1) is 6.92 Å². The van der Waals surface area contributed by atoms with Crippen molar-refractivity contribution in [3.63, 3.8) is 0 Å². The Morgan fingerprint density at radius 1 is 1.00 bits per heavy atom. The van der Waals surface area contributed by atoms with E-state index in [4.69, 9.17) is 0 Å². The summed E-state index contributed by atoms with van der Waals surface area (Å²) in [7, 11) is 0. The lowest BCUT2D eigenvalue weighted by Gasteiger charge is -2.23. The number of anilines is 3. The van der Waals surface area contributed by atoms with E-state index in [0.29, 0.717) is 6.04 Å². The van der Waals surface area contributed by atoms with Crippen LogP contribution in [0.25, 0.3) is 0 Å². The minimum Gasteiger partial charge on any atom is -0.351 e. The van der Waals surface area contributed by atoms with Crippen molar-refractivity contribution >= 4 is 29.9 Å². The van der Waals surface area contributed by atoms with Crippen LogP contribution in [-0.2, 0) is 0 Å². The first-order chi connectivity index (χ1) is 10.3. The smallest absolute Gasteiger partial charge is 0.225 e. The van der Waals surface area contributed by atoms with Crippen LogP contribution in [0.5, 0.6) is 0 Å². The summed E-state index contributed by atoms with van der Waals surface area (Å²) in [5.74, 6) is 1.58. The summed E-state index contributed by atoms with van der Waals surface area (Å²) in [5.41, 5.74) is 2.01. The van der Waals surface area contributed by atoms with E-state index in [1.807, 2.05) is 43.3 Å². The lowest BCUT2D eigenvalue weighted by Crippen LogP contribution is -2.23. The lowest BCUT2D eigenvalue weighted by molar-refractivity contribution is 0.461. The van der Waals surface area contributed by atoms with E-state index in [9.17, 15) is 0 Å². The quantitative estimate of drug-likeness (QED) is 0.858. The molecule has 1 aromatic heterocycles. The molecule has 1 aromatic carbocycles. The maximum atomic E-state index is 4.59. The molecule has 2 N–H and O–H groups in total. The van der Waals surface area contributed by atoms with Gasteiger partial charge in [-0.3, -0.25) is 0 Å². The lowest BCUT2D eigenvalue weighted by atomic mass is 9.96. The molecular weight excluding hydrogens is 296 g/mol. The zero-order chi connectivity index (χ0) is 14.5. The first-order valence-electron chi connectivity index (χ1n) is 7.74. The van der Waals surface area contributed by atoms with Crippen molar-refractivity contribution in [3.8, 4) is 0 Å². The van der Waals surface area contributed by atoms with Crippen molar-refractivity contribution < 1.29 is 0 Å². The Labute approximate surface area is 138 Å². The van der Waals surface area contributed by atoms with Crippen LogP contribution in [0.2, 0.25) is 0 Å². The number of halogens is 1. The standard InChI is InChI=1S/C17H22N4.ClH/c1-13-12-16(19-14-8-4-2-5-9-14)21-17(18-13)20-15-10-6-3-7-11-15;/h2,4-5,8-9,12,15H,3,6-7,10-11H2,1H3,(H2,18,19,20,21);1H. The molecule has 0 unspecified atom stereocenters. The summed E-state index contributed by atoms with van der Waals surface area (Å²) in [6.45, 7) is 2.00. The number of rotatable bonds is 4. The third-order valence-electron chi connectivity index (χ3n) is 3.84. The van der Waals surface area contributed by atoms with Gasteiger partial charge in [-0.25, -0.2) is 4.98 Å². The van der Waals surface area contributed by atoms with E-state index in [2.05, 4.69) is 20.6 Å². The number of para-hydroxylation sites is 1. The van der Waals surface area contributed by atoms with E-state index in [0.717, 1.165) is 23.1 Å². The second-order valence-corrected chi connectivity index (χ2v) is 5.69. The monoisotopic (exact) mass is 318 g/mol. The maximum Gasteiger partial charge on any atom is 0.225 e. The Morgan fingerprint density at radius 2 is 1.73 bits per heavy atom. The molecule has 0 spiro atoms. The number of aromatic nitrogens is 2. The minimum absolute atomic E-state index is 0. The Balaban J connectivity index is 0.00000176. The highest BCUT2D eigenvalue weighted by Crippen LogP contribution is 2.22. The largest absolute Gasteiger partial charge is 0.351 e. The predicted molar refractivity (Wildman–Crippen MR) is 94.2 cm³/mol. The van der Waals surface area contributed by atoms with Gasteiger partial charge in [0.25, 0.3) is 0 Å². The van der Waals surface area contributed by atoms with Gasteiger partial charge in [0, 0.05) is 23.5 Å². The number of nitrogens with zero attached hydrogens (tertiary/aromatic N) is 2. The fraction of sp³-hybridized carbons (Fsp3) is 0.412. The topological polar surface area (TPSA) is 49.8 Å². The molecule has 22 heavy (non-hydrogen) atoms. The fourth-order valence-corrected chi connectivity index (χ4v) is 2.80. The van der Waals surface area contributed by atoms with Gasteiger partial charge >= 0.3 is 0 Å². The van der Waals surface area contributed by atoms with Gasteiger partial charge in [0.15, 0.2) is 0 Å². The zero-order valence-electron chi connectivity index (χ0n) is 12.9. The molecule has 0 aliphatic heterocycles. The highest BCUT2D eigenvalue weighted by Gasteiger charge is 2.14. The van der Waals surface area contributed by atoms with Crippen molar-refractivity contribution in [1.29, 1.82) is 0 Å². The average Bonchev–Trinajstić information content (AvgIpc) is 2.48. The van der Waals surface area contributed by atoms with Crippen LogP contribution < -0.4 is 10.6 Å². The van der Waals surface area contributed by atoms with Crippen LogP contribution in [-0.4, -0.2) is 16.0 Å². The highest BCUT2D eigenvalue weighted by molar-refractivity contribution is 5.85. The summed E-state index contributed by atoms with van der Waals surface area (Å²) < 4.78 is 0. The molecule has 3 rings (SSSR count). The van der Waals surface area contributed by atoms with Crippen molar-refractivity contribution in [3.05, 3.63) is 42.1 Å². The summed E-state index contributed by atoms with van der Waals surface area (Å²) in [6, 6.07) is 12.6. The van der Waals surface area contributed by atoms with Gasteiger partial charge in [-0.05, 0) is 31.9 Å². The molecule has 1 fully saturated rings. The number of hydrogen-bond donors (Lipinski definition) is 2. The molecule has 0 saturated heterocycles. The van der Waals surface area contributed by atoms with Crippen LogP contribution in [0.3, 0.4) is 0 Å². The Kier molecular flexibility index (Phi) is 6.01. The van der Waals surface area contributed by atoms with Gasteiger partial charge in [0.1, 0.15) is 5.82 Å². The Hall–Kier alpha value is -1.81. The van der Waals surface area contributed by atoms with Crippen molar-refractivity contribution in [1.82, 2.24) is 9.97 Å². The summed E-state index contributed by atoms with van der Waals surface area (Å²) in [4.78, 5) is 9.10. The van der Waals surface area contributed by atoms with E-state index in [1.54, 1.807) is 0 Å². The van der Waals surface area contributed by atoms with Gasteiger partial charge in [0.2, 0.25) is 5.95 Å². The van der Waals surface area contributed by atoms with Gasteiger partial charge in [-0.2, -0.15) is 4.98 Å². The average molecular weight is 319 g/mol. The number of nitrogens with one attached hydrogen (secondary N) is 2. The molecule has 1 saturated carbocycles. The normalized spacial score (nSPS) is 15.0. The molecule has 2 aromatic rings. The third kappa shape index (κ3) is 4.60. The molecule has 1 aliphatic carbocycles. The molecule has 0 bridgehead atoms. The second-order valence-electron chi connectivity index (χ2n) is 5.69. The van der Waals surface area contributed by atoms with Crippen molar-refractivity contribution in [2.24, 2.45) is 0 Å². The molecule has 0 atom stereocenters. The molecule has 1 aliphatic rings. The molecule has 4 nitrogen and oxygen atoms in total. The zero-order valence-corrected chi connectivity index (χ0v) is 13.7. The van der Waals surface area contributed by atoms with E-state index in [-0.39, 0.29) is 12.4 Å². The first kappa shape index (κ1) is 16.6. The Bertz CT molecular complexity index is 582. The van der Waals surface area contributed by atoms with E-state index >= 15 is 0 Å². The number of benzene rings is 1. The highest BCUT2D eigenvalue weighted by atomic mass is 35.5. The minimum atomic E-state index is 0. The van der Waals surface area contributed by atoms with Gasteiger partial charge in [0.05, 0.1) is 0 Å². The third-order valence-corrected chi connectivity index (χ3v) is 3.84. The van der Waals surface area contributed by atoms with Crippen LogP contribution >= 0.6 is 12.4 Å². The summed E-state index contributed by atoms with van der Waals surface area (Å²) in [5, 5.41) is 6.82. The van der Waals surface area contributed by atoms with Crippen molar-refractivity contribution in [2.75, 3.05) is 10.6 Å². The molecule has 118 valence electrons. The van der Waals surface area contributed by atoms with Crippen molar-refractivity contribution in [2.45, 2.75) is 45.1 Å². The first-order valence-corrected chi connectivity index (χ1v) is 7.74. The molecule has 5 heteroatoms. The van der Waals surface area contributed by atoms with E-state index in [1.165, 1.54) is 32.1 Å². The van der Waals surface area contributed by atoms with Gasteiger partial charge in [-0.1, -0.05) is 37.5 Å². The SMILES string of the molecule is Cc1cc(Nc2ccccc2)nc(NC2CCCCC2)n1.Cl. The van der Waals surface area contributed by atoms with Gasteiger partial charge < -0.3 is 10.6 Å². The van der Waals surface area contributed by atoms with Crippen LogP contribution in [0.4, 0.5) is 17.5 Å². The van der Waals surface area contributed by atoms with Crippen LogP contribution in [0.1, 0.15) is 37.8 Å². The maximum absolute atomic E-state index is 4.59. The van der Waals surface area contributed by atoms with E-state index < -0.39 is 0 Å². The Morgan fingerprint density at radius 3 is 2.45 bits per heavy atom. The number of hydrogen-bond acceptors (Lipinski definition) is 4. The summed E-state index contributed by atoms with van der Waals surface area (Å²) in [6.07, 6.45) is 6.41. The number of aryl methyl sites for hydroxylation is 1. The summed E-state index contributed by atoms with van der Waals surface area (Å²) >= 11 is 0.